The number of aromatic nitrogens is 3. The summed E-state index contributed by atoms with van der Waals surface area (Å²) in [5.41, 5.74) is 2.81. The predicted octanol–water partition coefficient (Wildman–Crippen LogP) is 2.98. The van der Waals surface area contributed by atoms with Crippen molar-refractivity contribution in [2.24, 2.45) is 5.92 Å². The van der Waals surface area contributed by atoms with Gasteiger partial charge in [0, 0.05) is 62.0 Å². The van der Waals surface area contributed by atoms with E-state index in [4.69, 9.17) is 24.4 Å². The Labute approximate surface area is 206 Å². The molecule has 2 saturated heterocycles. The number of hydrogen-bond donors (Lipinski definition) is 1. The summed E-state index contributed by atoms with van der Waals surface area (Å²) in [5, 5.41) is 8.72. The number of nitrogens with zero attached hydrogens (tertiary/aromatic N) is 5. The van der Waals surface area contributed by atoms with Crippen LogP contribution in [0.4, 0.5) is 5.82 Å². The number of hydrogen-bond acceptors (Lipinski definition) is 5. The summed E-state index contributed by atoms with van der Waals surface area (Å²) in [6.45, 7) is 6.49. The number of amides is 1. The molecule has 2 aliphatic heterocycles. The smallest absolute Gasteiger partial charge is 0.219 e. The molecule has 0 bridgehead atoms. The van der Waals surface area contributed by atoms with Crippen molar-refractivity contribution >= 4 is 42.3 Å². The minimum atomic E-state index is 0.193. The average Bonchev–Trinajstić information content (AvgIpc) is 3.24. The number of carbonyl (C=O) groups excluding carboxylic acids is 1. The molecule has 0 spiro atoms. The van der Waals surface area contributed by atoms with E-state index in [0.717, 1.165) is 62.6 Å². The van der Waals surface area contributed by atoms with Gasteiger partial charge in [-0.3, -0.25) is 9.69 Å². The molecule has 5 rings (SSSR count). The highest BCUT2D eigenvalue weighted by Gasteiger charge is 2.29. The fraction of sp³-hybridized carbons (Fsp3) is 0.480. The molecule has 2 radical (unpaired) electrons. The summed E-state index contributed by atoms with van der Waals surface area (Å²) in [6.07, 6.45) is 6.17. The van der Waals surface area contributed by atoms with Crippen LogP contribution in [0, 0.1) is 5.92 Å². The van der Waals surface area contributed by atoms with E-state index >= 15 is 0 Å². The first-order valence-corrected chi connectivity index (χ1v) is 12.5. The maximum atomic E-state index is 11.7. The van der Waals surface area contributed by atoms with Crippen LogP contribution in [-0.4, -0.2) is 76.9 Å². The van der Waals surface area contributed by atoms with Gasteiger partial charge in [-0.05, 0) is 49.7 Å². The van der Waals surface area contributed by atoms with Crippen molar-refractivity contribution in [3.63, 3.8) is 0 Å². The van der Waals surface area contributed by atoms with E-state index in [1.807, 2.05) is 35.2 Å². The van der Waals surface area contributed by atoms with E-state index in [1.165, 1.54) is 12.8 Å². The molecule has 7 nitrogen and oxygen atoms in total. The molecule has 2 aliphatic rings. The van der Waals surface area contributed by atoms with Gasteiger partial charge in [0.25, 0.3) is 0 Å². The SMILES string of the molecule is [B]c1cnn2c(NCC3CCCN(C4CCN(C(C)=O)CC4)C3)cc(-c3ccccc3Cl)nc12. The van der Waals surface area contributed by atoms with Crippen LogP contribution in [0.25, 0.3) is 16.9 Å². The van der Waals surface area contributed by atoms with Crippen LogP contribution < -0.4 is 10.8 Å². The topological polar surface area (TPSA) is 65.8 Å². The minimum Gasteiger partial charge on any atom is -0.370 e. The average molecular weight is 477 g/mol. The molecule has 1 N–H and O–H groups in total. The number of nitrogens with one attached hydrogen (secondary N) is 1. The lowest BCUT2D eigenvalue weighted by atomic mass is 9.93. The summed E-state index contributed by atoms with van der Waals surface area (Å²) in [5.74, 6) is 1.60. The number of halogens is 1. The molecule has 3 aromatic rings. The molecule has 4 heterocycles. The Morgan fingerprint density at radius 3 is 2.76 bits per heavy atom. The van der Waals surface area contributed by atoms with Gasteiger partial charge in [-0.25, -0.2) is 4.98 Å². The molecule has 0 saturated carbocycles. The highest BCUT2D eigenvalue weighted by Crippen LogP contribution is 2.29. The monoisotopic (exact) mass is 476 g/mol. The van der Waals surface area contributed by atoms with E-state index in [1.54, 1.807) is 17.6 Å². The molecule has 1 amide bonds. The van der Waals surface area contributed by atoms with Gasteiger partial charge in [-0.2, -0.15) is 9.61 Å². The fourth-order valence-electron chi connectivity index (χ4n) is 5.30. The Balaban J connectivity index is 1.29. The highest BCUT2D eigenvalue weighted by molar-refractivity contribution is 6.36. The number of anilines is 1. The molecule has 34 heavy (non-hydrogen) atoms. The molecular weight excluding hydrogens is 447 g/mol. The number of benzene rings is 1. The van der Waals surface area contributed by atoms with Gasteiger partial charge in [0.05, 0.1) is 5.69 Å². The molecular formula is C25H30BClN6O. The van der Waals surface area contributed by atoms with Crippen molar-refractivity contribution in [1.82, 2.24) is 24.4 Å². The lowest BCUT2D eigenvalue weighted by Gasteiger charge is -2.42. The predicted molar refractivity (Wildman–Crippen MR) is 137 cm³/mol. The zero-order valence-corrected chi connectivity index (χ0v) is 20.3. The lowest BCUT2D eigenvalue weighted by molar-refractivity contribution is -0.130. The van der Waals surface area contributed by atoms with E-state index in [2.05, 4.69) is 15.3 Å². The van der Waals surface area contributed by atoms with E-state index in [0.29, 0.717) is 28.1 Å². The van der Waals surface area contributed by atoms with Gasteiger partial charge in [0.15, 0.2) is 5.65 Å². The lowest BCUT2D eigenvalue weighted by Crippen LogP contribution is -2.50. The van der Waals surface area contributed by atoms with Crippen LogP contribution in [0.3, 0.4) is 0 Å². The Morgan fingerprint density at radius 1 is 1.21 bits per heavy atom. The van der Waals surface area contributed by atoms with Crippen molar-refractivity contribution in [3.05, 3.63) is 41.6 Å². The van der Waals surface area contributed by atoms with E-state index in [-0.39, 0.29) is 5.91 Å². The van der Waals surface area contributed by atoms with Crippen molar-refractivity contribution in [2.75, 3.05) is 38.0 Å². The van der Waals surface area contributed by atoms with E-state index in [9.17, 15) is 4.79 Å². The first-order valence-electron chi connectivity index (χ1n) is 12.1. The van der Waals surface area contributed by atoms with Crippen LogP contribution in [-0.2, 0) is 4.79 Å². The maximum Gasteiger partial charge on any atom is 0.219 e. The fourth-order valence-corrected chi connectivity index (χ4v) is 5.54. The van der Waals surface area contributed by atoms with Crippen molar-refractivity contribution in [2.45, 2.75) is 38.6 Å². The number of fused-ring (bicyclic) bond motifs is 1. The second-order valence-corrected chi connectivity index (χ2v) is 9.87. The van der Waals surface area contributed by atoms with Crippen LogP contribution in [0.15, 0.2) is 36.5 Å². The Morgan fingerprint density at radius 2 is 2.00 bits per heavy atom. The van der Waals surface area contributed by atoms with Crippen molar-refractivity contribution in [3.8, 4) is 11.3 Å². The summed E-state index contributed by atoms with van der Waals surface area (Å²) in [6, 6.07) is 10.3. The standard InChI is InChI=1S/C25H30BClN6O/c1-17(34)31-11-8-19(9-12-31)32-10-4-5-18(16-32)14-28-24-13-23(20-6-2-3-7-22(20)27)30-25-21(26)15-29-33(24)25/h2-3,6-7,13,15,18-19,28H,4-5,8-12,14,16H2,1H3. The summed E-state index contributed by atoms with van der Waals surface area (Å²) in [7, 11) is 6.16. The first kappa shape index (κ1) is 23.2. The Bertz CT molecular complexity index is 1180. The second kappa shape index (κ2) is 9.96. The van der Waals surface area contributed by atoms with Gasteiger partial charge < -0.3 is 10.2 Å². The molecule has 1 unspecified atom stereocenters. The third-order valence-corrected chi connectivity index (χ3v) is 7.53. The molecule has 176 valence electrons. The molecule has 1 atom stereocenters. The molecule has 1 aromatic carbocycles. The zero-order valence-electron chi connectivity index (χ0n) is 19.6. The van der Waals surface area contributed by atoms with Crippen LogP contribution in [0.5, 0.6) is 0 Å². The molecule has 0 aliphatic carbocycles. The van der Waals surface area contributed by atoms with Gasteiger partial charge in [0.2, 0.25) is 5.91 Å². The summed E-state index contributed by atoms with van der Waals surface area (Å²) < 4.78 is 1.77. The molecule has 2 fully saturated rings. The second-order valence-electron chi connectivity index (χ2n) is 9.46. The van der Waals surface area contributed by atoms with Crippen molar-refractivity contribution < 1.29 is 4.79 Å². The Kier molecular flexibility index (Phi) is 6.79. The normalized spacial score (nSPS) is 20.1. The van der Waals surface area contributed by atoms with E-state index < -0.39 is 0 Å². The minimum absolute atomic E-state index is 0.193. The third kappa shape index (κ3) is 4.79. The Hall–Kier alpha value is -2.58. The molecule has 2 aromatic heterocycles. The van der Waals surface area contributed by atoms with Gasteiger partial charge in [-0.1, -0.05) is 29.8 Å². The first-order chi connectivity index (χ1) is 16.5. The van der Waals surface area contributed by atoms with Gasteiger partial charge >= 0.3 is 0 Å². The van der Waals surface area contributed by atoms with Crippen molar-refractivity contribution in [1.29, 1.82) is 0 Å². The quantitative estimate of drug-likeness (QED) is 0.574. The van der Waals surface area contributed by atoms with Gasteiger partial charge in [0.1, 0.15) is 13.7 Å². The largest absolute Gasteiger partial charge is 0.370 e. The third-order valence-electron chi connectivity index (χ3n) is 7.20. The number of piperidine rings is 2. The number of likely N-dealkylation sites (tertiary alicyclic amines) is 2. The summed E-state index contributed by atoms with van der Waals surface area (Å²) >= 11 is 6.45. The highest BCUT2D eigenvalue weighted by atomic mass is 35.5. The van der Waals surface area contributed by atoms with Crippen LogP contribution in [0.2, 0.25) is 5.02 Å². The summed E-state index contributed by atoms with van der Waals surface area (Å²) in [4.78, 5) is 21.0. The number of rotatable bonds is 5. The maximum absolute atomic E-state index is 11.7. The van der Waals surface area contributed by atoms with Gasteiger partial charge in [-0.15, -0.1) is 0 Å². The van der Waals surface area contributed by atoms with Crippen LogP contribution in [0.1, 0.15) is 32.6 Å². The van der Waals surface area contributed by atoms with Crippen LogP contribution >= 0.6 is 11.6 Å². The number of carbonyl (C=O) groups is 1. The molecule has 9 heteroatoms. The zero-order chi connectivity index (χ0) is 23.7.